The summed E-state index contributed by atoms with van der Waals surface area (Å²) in [6.45, 7) is 0. The molecule has 8 nitrogen and oxygen atoms in total. The molecule has 3 aromatic rings. The van der Waals surface area contributed by atoms with Crippen LogP contribution in [0.1, 0.15) is 17.5 Å². The van der Waals surface area contributed by atoms with Crippen LogP contribution >= 0.6 is 23.6 Å². The second-order valence-electron chi connectivity index (χ2n) is 6.64. The molecule has 3 N–H and O–H groups in total. The van der Waals surface area contributed by atoms with Gasteiger partial charge in [0.05, 0.1) is 23.2 Å². The highest BCUT2D eigenvalue weighted by molar-refractivity contribution is 7.81. The summed E-state index contributed by atoms with van der Waals surface area (Å²) in [6, 6.07) is 2.82. The van der Waals surface area contributed by atoms with Crippen molar-refractivity contribution >= 4 is 45.3 Å². The van der Waals surface area contributed by atoms with E-state index < -0.39 is 41.1 Å². The Bertz CT molecular complexity index is 1360. The zero-order valence-corrected chi connectivity index (χ0v) is 18.6. The smallest absolute Gasteiger partial charge is 0.374 e. The summed E-state index contributed by atoms with van der Waals surface area (Å²) < 4.78 is 54.3. The molecule has 0 atom stereocenters. The summed E-state index contributed by atoms with van der Waals surface area (Å²) in [7, 11) is 2.88. The van der Waals surface area contributed by atoms with Crippen molar-refractivity contribution in [3.63, 3.8) is 0 Å². The van der Waals surface area contributed by atoms with E-state index >= 15 is 0 Å². The van der Waals surface area contributed by atoms with Gasteiger partial charge in [-0.15, -0.1) is 11.3 Å². The molecule has 0 bridgehead atoms. The van der Waals surface area contributed by atoms with E-state index in [1.165, 1.54) is 19.5 Å². The molecular formula is C19H15F4N5O3S2. The Hall–Kier alpha value is -3.39. The van der Waals surface area contributed by atoms with Crippen LogP contribution in [0, 0.1) is 5.82 Å². The van der Waals surface area contributed by atoms with E-state index in [1.54, 1.807) is 0 Å². The second-order valence-corrected chi connectivity index (χ2v) is 7.99. The lowest BCUT2D eigenvalue weighted by atomic mass is 10.1. The molecule has 0 aliphatic heterocycles. The minimum absolute atomic E-state index is 0.00202. The molecule has 2 heterocycles. The lowest BCUT2D eigenvalue weighted by molar-refractivity contribution is -0.139. The number of aromatic nitrogens is 3. The largest absolute Gasteiger partial charge is 0.419 e. The number of hydrogen-bond donors (Lipinski definition) is 3. The molecule has 1 aromatic carbocycles. The van der Waals surface area contributed by atoms with E-state index in [9.17, 15) is 31.9 Å². The minimum Gasteiger partial charge on any atom is -0.374 e. The minimum atomic E-state index is -4.87. The van der Waals surface area contributed by atoms with E-state index in [4.69, 9.17) is 12.2 Å². The van der Waals surface area contributed by atoms with Gasteiger partial charge in [-0.2, -0.15) is 13.2 Å². The Morgan fingerprint density at radius 1 is 1.30 bits per heavy atom. The third kappa shape index (κ3) is 5.01. The topological polar surface area (TPSA) is 109 Å². The summed E-state index contributed by atoms with van der Waals surface area (Å²) in [5, 5.41) is 6.40. The van der Waals surface area contributed by atoms with Crippen molar-refractivity contribution in [1.82, 2.24) is 14.5 Å². The van der Waals surface area contributed by atoms with Crippen LogP contribution in [0.25, 0.3) is 11.3 Å². The fourth-order valence-corrected chi connectivity index (χ4v) is 4.02. The third-order valence-electron chi connectivity index (χ3n) is 4.49. The average Bonchev–Trinajstić information content (AvgIpc) is 3.17. The van der Waals surface area contributed by atoms with Gasteiger partial charge in [0.1, 0.15) is 11.6 Å². The van der Waals surface area contributed by atoms with Crippen LogP contribution in [0.4, 0.5) is 28.5 Å². The van der Waals surface area contributed by atoms with Crippen LogP contribution in [0.5, 0.6) is 0 Å². The van der Waals surface area contributed by atoms with E-state index in [-0.39, 0.29) is 32.6 Å². The highest BCUT2D eigenvalue weighted by Crippen LogP contribution is 2.36. The SMILES string of the molecule is CNc1c(C(=S)CC(=O)Nc2nc(-c3cccc(C(F)(F)F)c3F)cs2)c(=O)[nH]c(=O)n1C. The van der Waals surface area contributed by atoms with E-state index in [2.05, 4.69) is 20.6 Å². The molecule has 14 heteroatoms. The maximum atomic E-state index is 14.3. The number of benzene rings is 1. The standard InChI is InChI=1S/C19H15F4N5O3S2/c1-24-15-13(16(30)27-18(31)28(15)2)11(32)6-12(29)26-17-25-10(7-33-17)8-4-3-5-9(14(8)20)19(21,22)23/h3-5,7,24H,6H2,1-2H3,(H,25,26,29)(H,27,30,31). The molecule has 0 spiro atoms. The van der Waals surface area contributed by atoms with E-state index in [0.717, 1.165) is 28.0 Å². The molecule has 33 heavy (non-hydrogen) atoms. The van der Waals surface area contributed by atoms with Gasteiger partial charge < -0.3 is 10.6 Å². The molecule has 0 unspecified atom stereocenters. The fraction of sp³-hybridized carbons (Fsp3) is 0.211. The van der Waals surface area contributed by atoms with Gasteiger partial charge in [0.25, 0.3) is 5.56 Å². The van der Waals surface area contributed by atoms with Gasteiger partial charge in [-0.05, 0) is 12.1 Å². The van der Waals surface area contributed by atoms with Crippen LogP contribution < -0.4 is 21.9 Å². The van der Waals surface area contributed by atoms with Crippen molar-refractivity contribution in [1.29, 1.82) is 0 Å². The van der Waals surface area contributed by atoms with Crippen LogP contribution in [0.3, 0.4) is 0 Å². The molecule has 0 aliphatic rings. The van der Waals surface area contributed by atoms with Gasteiger partial charge in [-0.25, -0.2) is 14.2 Å². The van der Waals surface area contributed by atoms with Gasteiger partial charge in [0, 0.05) is 29.9 Å². The molecule has 0 aliphatic carbocycles. The summed E-state index contributed by atoms with van der Waals surface area (Å²) in [5.41, 5.74) is -3.38. The second kappa shape index (κ2) is 9.23. The predicted octanol–water partition coefficient (Wildman–Crippen LogP) is 3.14. The third-order valence-corrected chi connectivity index (χ3v) is 5.60. The van der Waals surface area contributed by atoms with Crippen molar-refractivity contribution < 1.29 is 22.4 Å². The number of nitrogens with zero attached hydrogens (tertiary/aromatic N) is 2. The Morgan fingerprint density at radius 2 is 2.00 bits per heavy atom. The van der Waals surface area contributed by atoms with Gasteiger partial charge in [0.2, 0.25) is 5.91 Å². The number of nitrogens with one attached hydrogen (secondary N) is 3. The summed E-state index contributed by atoms with van der Waals surface area (Å²) in [6.07, 6.45) is -5.29. The van der Waals surface area contributed by atoms with Gasteiger partial charge in [-0.3, -0.25) is 19.1 Å². The molecule has 174 valence electrons. The number of amides is 1. The maximum absolute atomic E-state index is 14.3. The van der Waals surface area contributed by atoms with E-state index in [1.807, 2.05) is 0 Å². The number of halogens is 4. The highest BCUT2D eigenvalue weighted by Gasteiger charge is 2.35. The quantitative estimate of drug-likeness (QED) is 0.272. The molecule has 0 radical (unpaired) electrons. The number of hydrogen-bond acceptors (Lipinski definition) is 7. The fourth-order valence-electron chi connectivity index (χ4n) is 2.97. The first-order chi connectivity index (χ1) is 15.4. The van der Waals surface area contributed by atoms with Crippen LogP contribution in [0.15, 0.2) is 33.2 Å². The number of anilines is 2. The first-order valence-corrected chi connectivity index (χ1v) is 10.4. The Balaban J connectivity index is 1.80. The number of thiocarbonyl (C=S) groups is 1. The molecule has 1 amide bonds. The number of rotatable bonds is 6. The zero-order chi connectivity index (χ0) is 24.5. The number of aromatic amines is 1. The highest BCUT2D eigenvalue weighted by atomic mass is 32.1. The molecular weight excluding hydrogens is 486 g/mol. The number of alkyl halides is 3. The Morgan fingerprint density at radius 3 is 2.64 bits per heavy atom. The van der Waals surface area contributed by atoms with Crippen LogP contribution in [-0.2, 0) is 18.0 Å². The van der Waals surface area contributed by atoms with Gasteiger partial charge in [0.15, 0.2) is 5.13 Å². The van der Waals surface area contributed by atoms with E-state index in [0.29, 0.717) is 6.07 Å². The number of carbonyl (C=O) groups excluding carboxylic acids is 1. The lowest BCUT2D eigenvalue weighted by Crippen LogP contribution is -2.35. The maximum Gasteiger partial charge on any atom is 0.419 e. The monoisotopic (exact) mass is 501 g/mol. The first-order valence-electron chi connectivity index (χ1n) is 9.09. The number of H-pyrrole nitrogens is 1. The predicted molar refractivity (Wildman–Crippen MR) is 119 cm³/mol. The molecule has 3 rings (SSSR count). The molecule has 0 fully saturated rings. The van der Waals surface area contributed by atoms with Crippen LogP contribution in [-0.4, -0.2) is 32.4 Å². The molecule has 0 saturated heterocycles. The van der Waals surface area contributed by atoms with Crippen molar-refractivity contribution in [3.05, 3.63) is 61.4 Å². The van der Waals surface area contributed by atoms with Gasteiger partial charge in [-0.1, -0.05) is 18.3 Å². The average molecular weight is 501 g/mol. The summed E-state index contributed by atoms with van der Waals surface area (Å²) >= 11 is 6.07. The summed E-state index contributed by atoms with van der Waals surface area (Å²) in [5.74, 6) is -2.01. The Labute approximate surface area is 192 Å². The Kier molecular flexibility index (Phi) is 6.78. The zero-order valence-electron chi connectivity index (χ0n) is 17.0. The van der Waals surface area contributed by atoms with Crippen molar-refractivity contribution in [2.45, 2.75) is 12.6 Å². The molecule has 0 saturated carbocycles. The first kappa shape index (κ1) is 24.3. The van der Waals surface area contributed by atoms with Crippen LogP contribution in [0.2, 0.25) is 0 Å². The number of thiazole rings is 1. The normalized spacial score (nSPS) is 11.3. The van der Waals surface area contributed by atoms with Crippen molar-refractivity contribution in [2.75, 3.05) is 17.7 Å². The lowest BCUT2D eigenvalue weighted by Gasteiger charge is -2.12. The van der Waals surface area contributed by atoms with Crippen molar-refractivity contribution in [3.8, 4) is 11.3 Å². The molecule has 2 aromatic heterocycles. The van der Waals surface area contributed by atoms with Gasteiger partial charge >= 0.3 is 11.9 Å². The summed E-state index contributed by atoms with van der Waals surface area (Å²) in [4.78, 5) is 42.3. The van der Waals surface area contributed by atoms with Crippen molar-refractivity contribution in [2.24, 2.45) is 7.05 Å². The number of carbonyl (C=O) groups is 1.